The second-order valence-electron chi connectivity index (χ2n) is 7.71. The number of likely N-dealkylation sites (tertiary alicyclic amines) is 1. The quantitative estimate of drug-likeness (QED) is 0.719. The van der Waals surface area contributed by atoms with Crippen molar-refractivity contribution in [2.75, 3.05) is 45.3 Å². The lowest BCUT2D eigenvalue weighted by Gasteiger charge is -2.39. The Morgan fingerprint density at radius 2 is 2.04 bits per heavy atom. The molecular weight excluding hydrogens is 331 g/mol. The third-order valence-corrected chi connectivity index (χ3v) is 5.91. The molecule has 0 bridgehead atoms. The van der Waals surface area contributed by atoms with Crippen LogP contribution in [0.3, 0.4) is 0 Å². The normalized spacial score (nSPS) is 23.0. The highest BCUT2D eigenvalue weighted by Crippen LogP contribution is 2.43. The van der Waals surface area contributed by atoms with Crippen molar-refractivity contribution in [3.63, 3.8) is 0 Å². The molecule has 0 N–H and O–H groups in total. The number of anilines is 1. The van der Waals surface area contributed by atoms with Gasteiger partial charge in [0.15, 0.2) is 11.5 Å². The molecule has 26 heavy (non-hydrogen) atoms. The van der Waals surface area contributed by atoms with Gasteiger partial charge in [-0.05, 0) is 37.3 Å². The number of methoxy groups -OCH3 is 1. The van der Waals surface area contributed by atoms with Gasteiger partial charge in [-0.15, -0.1) is 0 Å². The van der Waals surface area contributed by atoms with Gasteiger partial charge < -0.3 is 14.4 Å². The zero-order valence-electron chi connectivity index (χ0n) is 15.8. The first kappa shape index (κ1) is 17.7. The number of likely N-dealkylation sites (N-methyl/N-ethyl adjacent to an activating group) is 1. The number of halogens is 1. The summed E-state index contributed by atoms with van der Waals surface area (Å²) in [5.41, 5.74) is 3.99. The van der Waals surface area contributed by atoms with Gasteiger partial charge in [-0.25, -0.2) is 4.39 Å². The lowest BCUT2D eigenvalue weighted by molar-refractivity contribution is 0.0611. The lowest BCUT2D eigenvalue weighted by atomic mass is 9.84. The van der Waals surface area contributed by atoms with E-state index in [1.165, 1.54) is 36.9 Å². The van der Waals surface area contributed by atoms with Gasteiger partial charge in [-0.3, -0.25) is 4.90 Å². The molecular formula is C21H29FN2O2. The molecule has 1 aromatic rings. The molecule has 2 aliphatic heterocycles. The summed E-state index contributed by atoms with van der Waals surface area (Å²) in [6.45, 7) is 2.66. The molecule has 1 unspecified atom stereocenters. The number of fused-ring (bicyclic) bond motifs is 2. The van der Waals surface area contributed by atoms with Gasteiger partial charge in [-0.2, -0.15) is 0 Å². The molecule has 4 rings (SSSR count). The average Bonchev–Trinajstić information content (AvgIpc) is 2.63. The van der Waals surface area contributed by atoms with E-state index in [1.807, 2.05) is 0 Å². The zero-order valence-corrected chi connectivity index (χ0v) is 15.8. The predicted octanol–water partition coefficient (Wildman–Crippen LogP) is 3.89. The lowest BCUT2D eigenvalue weighted by Crippen LogP contribution is -2.48. The molecule has 0 radical (unpaired) electrons. The van der Waals surface area contributed by atoms with E-state index in [1.54, 1.807) is 12.7 Å². The van der Waals surface area contributed by atoms with Crippen LogP contribution in [0, 0.1) is 0 Å². The smallest absolute Gasteiger partial charge is 0.163 e. The SMILES string of the molecule is COc1cc2c(cc1OCCCN1CC(F)C1)N(C)C1CCCCC1=C2. The first-order valence-corrected chi connectivity index (χ1v) is 9.80. The molecule has 1 atom stereocenters. The Bertz CT molecular complexity index is 685. The van der Waals surface area contributed by atoms with Crippen LogP contribution in [-0.2, 0) is 0 Å². The average molecular weight is 360 g/mol. The van der Waals surface area contributed by atoms with Crippen molar-refractivity contribution in [2.45, 2.75) is 44.3 Å². The summed E-state index contributed by atoms with van der Waals surface area (Å²) >= 11 is 0. The van der Waals surface area contributed by atoms with Crippen molar-refractivity contribution in [1.29, 1.82) is 0 Å². The van der Waals surface area contributed by atoms with Gasteiger partial charge in [0, 0.05) is 44.0 Å². The fourth-order valence-corrected chi connectivity index (χ4v) is 4.42. The molecule has 1 aliphatic carbocycles. The molecule has 5 heteroatoms. The van der Waals surface area contributed by atoms with Gasteiger partial charge in [0.05, 0.1) is 19.8 Å². The number of benzene rings is 1. The molecule has 1 aromatic carbocycles. The molecule has 142 valence electrons. The van der Waals surface area contributed by atoms with Crippen molar-refractivity contribution in [3.8, 4) is 11.5 Å². The second-order valence-corrected chi connectivity index (χ2v) is 7.71. The highest BCUT2D eigenvalue weighted by Gasteiger charge is 2.29. The van der Waals surface area contributed by atoms with Crippen molar-refractivity contribution in [1.82, 2.24) is 4.90 Å². The molecule has 4 nitrogen and oxygen atoms in total. The topological polar surface area (TPSA) is 24.9 Å². The predicted molar refractivity (Wildman–Crippen MR) is 103 cm³/mol. The van der Waals surface area contributed by atoms with Crippen molar-refractivity contribution < 1.29 is 13.9 Å². The van der Waals surface area contributed by atoms with Gasteiger partial charge in [-0.1, -0.05) is 12.5 Å². The van der Waals surface area contributed by atoms with Crippen molar-refractivity contribution >= 4 is 11.8 Å². The first-order valence-electron chi connectivity index (χ1n) is 9.80. The fourth-order valence-electron chi connectivity index (χ4n) is 4.42. The Balaban J connectivity index is 1.46. The molecule has 0 aromatic heterocycles. The number of hydrogen-bond donors (Lipinski definition) is 0. The minimum Gasteiger partial charge on any atom is -0.493 e. The zero-order chi connectivity index (χ0) is 18.1. The maximum Gasteiger partial charge on any atom is 0.163 e. The minimum atomic E-state index is -0.634. The Hall–Kier alpha value is -1.75. The van der Waals surface area contributed by atoms with Crippen LogP contribution in [0.5, 0.6) is 11.5 Å². The van der Waals surface area contributed by atoms with Crippen LogP contribution in [0.25, 0.3) is 6.08 Å². The van der Waals surface area contributed by atoms with Crippen LogP contribution < -0.4 is 14.4 Å². The monoisotopic (exact) mass is 360 g/mol. The van der Waals surface area contributed by atoms with E-state index in [-0.39, 0.29) is 0 Å². The van der Waals surface area contributed by atoms with Gasteiger partial charge in [0.1, 0.15) is 6.17 Å². The van der Waals surface area contributed by atoms with Crippen LogP contribution in [-0.4, -0.2) is 57.5 Å². The van der Waals surface area contributed by atoms with Crippen LogP contribution in [0.15, 0.2) is 17.7 Å². The standard InChI is InChI=1S/C21H29FN2O2/c1-23-18-7-4-3-6-15(18)10-16-11-20(25-2)21(12-19(16)23)26-9-5-8-24-13-17(22)14-24/h10-12,17-18H,3-9,13-14H2,1-2H3. The Labute approximate surface area is 155 Å². The third-order valence-electron chi connectivity index (χ3n) is 5.91. The summed E-state index contributed by atoms with van der Waals surface area (Å²) in [7, 11) is 3.88. The molecule has 2 heterocycles. The highest BCUT2D eigenvalue weighted by atomic mass is 19.1. The Morgan fingerprint density at radius 1 is 1.19 bits per heavy atom. The van der Waals surface area contributed by atoms with E-state index in [9.17, 15) is 4.39 Å². The van der Waals surface area contributed by atoms with Crippen LogP contribution in [0.2, 0.25) is 0 Å². The molecule has 1 saturated carbocycles. The fraction of sp³-hybridized carbons (Fsp3) is 0.619. The maximum absolute atomic E-state index is 12.9. The second kappa shape index (κ2) is 7.47. The van der Waals surface area contributed by atoms with E-state index >= 15 is 0 Å². The molecule has 3 aliphatic rings. The number of rotatable bonds is 6. The summed E-state index contributed by atoms with van der Waals surface area (Å²) in [6.07, 6.45) is 7.64. The highest BCUT2D eigenvalue weighted by molar-refractivity contribution is 5.77. The molecule has 0 spiro atoms. The van der Waals surface area contributed by atoms with Gasteiger partial charge >= 0.3 is 0 Å². The largest absolute Gasteiger partial charge is 0.493 e. The van der Waals surface area contributed by atoms with E-state index in [4.69, 9.17) is 9.47 Å². The molecule has 2 fully saturated rings. The van der Waals surface area contributed by atoms with Crippen molar-refractivity contribution in [3.05, 3.63) is 23.3 Å². The van der Waals surface area contributed by atoms with Crippen LogP contribution >= 0.6 is 0 Å². The Kier molecular flexibility index (Phi) is 5.07. The molecule has 0 amide bonds. The van der Waals surface area contributed by atoms with E-state index in [2.05, 4.69) is 35.1 Å². The first-order chi connectivity index (χ1) is 12.7. The van der Waals surface area contributed by atoms with Gasteiger partial charge in [0.25, 0.3) is 0 Å². The molecule has 1 saturated heterocycles. The number of alkyl halides is 1. The summed E-state index contributed by atoms with van der Waals surface area (Å²) in [6, 6.07) is 4.75. The third kappa shape index (κ3) is 3.41. The summed E-state index contributed by atoms with van der Waals surface area (Å²) < 4.78 is 24.5. The Morgan fingerprint density at radius 3 is 2.81 bits per heavy atom. The minimum absolute atomic E-state index is 0.526. The van der Waals surface area contributed by atoms with Gasteiger partial charge in [0.2, 0.25) is 0 Å². The summed E-state index contributed by atoms with van der Waals surface area (Å²) in [5.74, 6) is 1.59. The van der Waals surface area contributed by atoms with E-state index < -0.39 is 6.17 Å². The van der Waals surface area contributed by atoms with Crippen LogP contribution in [0.4, 0.5) is 10.1 Å². The maximum atomic E-state index is 12.9. The number of ether oxygens (including phenoxy) is 2. The summed E-state index contributed by atoms with van der Waals surface area (Å²) in [5, 5.41) is 0. The number of hydrogen-bond acceptors (Lipinski definition) is 4. The number of nitrogens with zero attached hydrogens (tertiary/aromatic N) is 2. The van der Waals surface area contributed by atoms with E-state index in [0.29, 0.717) is 25.7 Å². The van der Waals surface area contributed by atoms with E-state index in [0.717, 1.165) is 24.5 Å². The van der Waals surface area contributed by atoms with Crippen molar-refractivity contribution in [2.24, 2.45) is 0 Å². The van der Waals surface area contributed by atoms with Crippen LogP contribution in [0.1, 0.15) is 37.7 Å². The summed E-state index contributed by atoms with van der Waals surface area (Å²) in [4.78, 5) is 4.53.